The third kappa shape index (κ3) is 2.24. The van der Waals surface area contributed by atoms with E-state index in [-0.39, 0.29) is 11.6 Å². The number of nitrogen functional groups attached to an aromatic ring is 1. The first-order chi connectivity index (χ1) is 7.35. The van der Waals surface area contributed by atoms with Gasteiger partial charge in [0.15, 0.2) is 0 Å². The van der Waals surface area contributed by atoms with E-state index < -0.39 is 12.6 Å². The number of thiophene rings is 1. The summed E-state index contributed by atoms with van der Waals surface area (Å²) in [4.78, 5) is 8.95. The zero-order chi connectivity index (χ0) is 11.9. The Kier molecular flexibility index (Phi) is 2.49. The number of aromatic nitrogens is 2. The van der Waals surface area contributed by atoms with Crippen LogP contribution in [0.4, 0.5) is 19.0 Å². The van der Waals surface area contributed by atoms with Crippen LogP contribution >= 0.6 is 11.3 Å². The second-order valence-corrected chi connectivity index (χ2v) is 4.63. The molecule has 2 heterocycles. The van der Waals surface area contributed by atoms with Crippen LogP contribution in [-0.4, -0.2) is 16.1 Å². The number of anilines is 1. The molecule has 0 saturated heterocycles. The summed E-state index contributed by atoms with van der Waals surface area (Å²) in [6.07, 6.45) is -5.46. The van der Waals surface area contributed by atoms with Crippen LogP contribution < -0.4 is 5.73 Å². The molecule has 0 atom stereocenters. The van der Waals surface area contributed by atoms with Crippen LogP contribution in [0.15, 0.2) is 6.07 Å². The van der Waals surface area contributed by atoms with Crippen LogP contribution in [0.3, 0.4) is 0 Å². The molecule has 0 bridgehead atoms. The van der Waals surface area contributed by atoms with Crippen LogP contribution in [0, 0.1) is 6.92 Å². The maximum Gasteiger partial charge on any atom is 0.396 e. The number of alkyl halides is 3. The number of fused-ring (bicyclic) bond motifs is 1. The molecule has 0 aliphatic carbocycles. The Morgan fingerprint density at radius 2 is 2.06 bits per heavy atom. The average molecular weight is 247 g/mol. The minimum atomic E-state index is -4.31. The molecule has 16 heavy (non-hydrogen) atoms. The van der Waals surface area contributed by atoms with E-state index in [1.54, 1.807) is 6.07 Å². The molecule has 0 saturated carbocycles. The van der Waals surface area contributed by atoms with Gasteiger partial charge in [0.2, 0.25) is 0 Å². The fourth-order valence-corrected chi connectivity index (χ4v) is 2.27. The Balaban J connectivity index is 2.49. The number of halogens is 3. The van der Waals surface area contributed by atoms with E-state index in [9.17, 15) is 13.2 Å². The van der Waals surface area contributed by atoms with Crippen molar-refractivity contribution >= 4 is 27.4 Å². The minimum absolute atomic E-state index is 0.105. The van der Waals surface area contributed by atoms with Gasteiger partial charge in [0.25, 0.3) is 0 Å². The zero-order valence-corrected chi connectivity index (χ0v) is 9.11. The van der Waals surface area contributed by atoms with E-state index in [4.69, 9.17) is 5.73 Å². The average Bonchev–Trinajstić information content (AvgIpc) is 2.42. The highest BCUT2D eigenvalue weighted by atomic mass is 32.1. The molecule has 0 amide bonds. The summed E-state index contributed by atoms with van der Waals surface area (Å²) in [6.45, 7) is 1.84. The molecular weight excluding hydrogens is 239 g/mol. The van der Waals surface area contributed by atoms with Crippen LogP contribution in [0.5, 0.6) is 0 Å². The molecule has 0 radical (unpaired) electrons. The lowest BCUT2D eigenvalue weighted by Gasteiger charge is -2.05. The van der Waals surface area contributed by atoms with Crippen molar-refractivity contribution in [3.63, 3.8) is 0 Å². The van der Waals surface area contributed by atoms with Crippen molar-refractivity contribution < 1.29 is 13.2 Å². The quantitative estimate of drug-likeness (QED) is 0.842. The van der Waals surface area contributed by atoms with Crippen molar-refractivity contribution in [3.05, 3.63) is 16.8 Å². The highest BCUT2D eigenvalue weighted by molar-refractivity contribution is 7.18. The normalized spacial score (nSPS) is 12.2. The lowest BCUT2D eigenvalue weighted by atomic mass is 10.3. The first-order valence-electron chi connectivity index (χ1n) is 4.44. The molecule has 0 aromatic carbocycles. The second-order valence-electron chi connectivity index (χ2n) is 3.39. The molecule has 0 spiro atoms. The van der Waals surface area contributed by atoms with E-state index in [1.807, 2.05) is 6.92 Å². The van der Waals surface area contributed by atoms with E-state index >= 15 is 0 Å². The maximum atomic E-state index is 12.2. The van der Waals surface area contributed by atoms with Gasteiger partial charge in [-0.25, -0.2) is 9.97 Å². The van der Waals surface area contributed by atoms with Gasteiger partial charge in [0.05, 0.1) is 5.39 Å². The van der Waals surface area contributed by atoms with Gasteiger partial charge >= 0.3 is 6.18 Å². The molecule has 2 N–H and O–H groups in total. The molecule has 3 nitrogen and oxygen atoms in total. The van der Waals surface area contributed by atoms with Crippen molar-refractivity contribution in [2.75, 3.05) is 5.73 Å². The largest absolute Gasteiger partial charge is 0.396 e. The lowest BCUT2D eigenvalue weighted by molar-refractivity contribution is -0.128. The highest BCUT2D eigenvalue weighted by Gasteiger charge is 2.29. The number of hydrogen-bond donors (Lipinski definition) is 1. The van der Waals surface area contributed by atoms with Gasteiger partial charge in [-0.3, -0.25) is 0 Å². The standard InChI is InChI=1S/C9H8F3N3S/c1-4-2-5-7(13)14-6(3-9(10,11)12)15-8(5)16-4/h2H,3H2,1H3,(H2,13,14,15). The summed E-state index contributed by atoms with van der Waals surface area (Å²) in [5.74, 6) is -0.173. The van der Waals surface area contributed by atoms with Gasteiger partial charge < -0.3 is 5.73 Å². The Morgan fingerprint density at radius 3 is 2.69 bits per heavy atom. The SMILES string of the molecule is Cc1cc2c(N)nc(CC(F)(F)F)nc2s1. The molecule has 86 valence electrons. The smallest absolute Gasteiger partial charge is 0.383 e. The van der Waals surface area contributed by atoms with Gasteiger partial charge in [-0.15, -0.1) is 11.3 Å². The Morgan fingerprint density at radius 1 is 1.38 bits per heavy atom. The van der Waals surface area contributed by atoms with E-state index in [1.165, 1.54) is 11.3 Å². The van der Waals surface area contributed by atoms with E-state index in [2.05, 4.69) is 9.97 Å². The third-order valence-corrected chi connectivity index (χ3v) is 2.89. The Hall–Kier alpha value is -1.37. The molecule has 0 unspecified atom stereocenters. The fourth-order valence-electron chi connectivity index (χ4n) is 1.37. The minimum Gasteiger partial charge on any atom is -0.383 e. The zero-order valence-electron chi connectivity index (χ0n) is 8.30. The lowest BCUT2D eigenvalue weighted by Crippen LogP contribution is -2.14. The van der Waals surface area contributed by atoms with Gasteiger partial charge in [-0.05, 0) is 13.0 Å². The van der Waals surface area contributed by atoms with E-state index in [0.29, 0.717) is 10.2 Å². The summed E-state index contributed by atoms with van der Waals surface area (Å²) >= 11 is 1.31. The van der Waals surface area contributed by atoms with Crippen molar-refractivity contribution in [2.45, 2.75) is 19.5 Å². The molecule has 2 aromatic heterocycles. The fraction of sp³-hybridized carbons (Fsp3) is 0.333. The predicted octanol–water partition coefficient (Wildman–Crippen LogP) is 2.69. The van der Waals surface area contributed by atoms with Crippen LogP contribution in [0.25, 0.3) is 10.2 Å². The van der Waals surface area contributed by atoms with Crippen molar-refractivity contribution in [2.24, 2.45) is 0 Å². The number of nitrogens with zero attached hydrogens (tertiary/aromatic N) is 2. The molecule has 0 aliphatic heterocycles. The highest BCUT2D eigenvalue weighted by Crippen LogP contribution is 2.28. The maximum absolute atomic E-state index is 12.2. The molecule has 7 heteroatoms. The van der Waals surface area contributed by atoms with E-state index in [0.717, 1.165) is 4.88 Å². The summed E-state index contributed by atoms with van der Waals surface area (Å²) in [7, 11) is 0. The number of aryl methyl sites for hydroxylation is 1. The van der Waals surface area contributed by atoms with Gasteiger partial charge in [-0.2, -0.15) is 13.2 Å². The number of rotatable bonds is 1. The molecular formula is C9H8F3N3S. The summed E-state index contributed by atoms with van der Waals surface area (Å²) in [5, 5.41) is 0.619. The molecule has 0 fully saturated rings. The second kappa shape index (κ2) is 3.58. The summed E-state index contributed by atoms with van der Waals surface area (Å²) in [6, 6.07) is 1.77. The first-order valence-corrected chi connectivity index (χ1v) is 5.26. The van der Waals surface area contributed by atoms with Crippen LogP contribution in [0.1, 0.15) is 10.7 Å². The Labute approximate surface area is 93.1 Å². The number of nitrogens with two attached hydrogens (primary N) is 1. The molecule has 2 aromatic rings. The van der Waals surface area contributed by atoms with Crippen molar-refractivity contribution in [1.82, 2.24) is 9.97 Å². The topological polar surface area (TPSA) is 51.8 Å². The van der Waals surface area contributed by atoms with Gasteiger partial charge in [0.1, 0.15) is 22.9 Å². The predicted molar refractivity (Wildman–Crippen MR) is 56.3 cm³/mol. The third-order valence-electron chi connectivity index (χ3n) is 1.95. The van der Waals surface area contributed by atoms with Crippen molar-refractivity contribution in [3.8, 4) is 0 Å². The van der Waals surface area contributed by atoms with Crippen LogP contribution in [0.2, 0.25) is 0 Å². The molecule has 0 aliphatic rings. The molecule has 2 rings (SSSR count). The van der Waals surface area contributed by atoms with Gasteiger partial charge in [-0.1, -0.05) is 0 Å². The summed E-state index contributed by atoms with van der Waals surface area (Å²) < 4.78 is 36.5. The monoisotopic (exact) mass is 247 g/mol. The van der Waals surface area contributed by atoms with Crippen LogP contribution in [-0.2, 0) is 6.42 Å². The first kappa shape index (κ1) is 11.1. The van der Waals surface area contributed by atoms with Gasteiger partial charge in [0, 0.05) is 4.88 Å². The Bertz CT molecular complexity index is 533. The summed E-state index contributed by atoms with van der Waals surface area (Å²) in [5.41, 5.74) is 5.58. The number of hydrogen-bond acceptors (Lipinski definition) is 4. The van der Waals surface area contributed by atoms with Crippen molar-refractivity contribution in [1.29, 1.82) is 0 Å².